The van der Waals surface area contributed by atoms with Crippen LogP contribution < -0.4 is 10.6 Å². The van der Waals surface area contributed by atoms with E-state index in [2.05, 4.69) is 31.0 Å². The molecule has 8 heteroatoms. The van der Waals surface area contributed by atoms with E-state index in [1.54, 1.807) is 12.1 Å². The lowest BCUT2D eigenvalue weighted by atomic mass is 9.91. The van der Waals surface area contributed by atoms with Gasteiger partial charge in [-0.3, -0.25) is 4.79 Å². The third-order valence-electron chi connectivity index (χ3n) is 4.77. The molecule has 0 aromatic heterocycles. The van der Waals surface area contributed by atoms with Gasteiger partial charge in [-0.2, -0.15) is 8.42 Å². The smallest absolute Gasteiger partial charge is 0.287 e. The van der Waals surface area contributed by atoms with Crippen LogP contribution >= 0.6 is 15.9 Å². The number of fused-ring (bicyclic) bond motifs is 1. The number of sulfonamides is 1. The maximum atomic E-state index is 12.8. The molecule has 0 aliphatic carbocycles. The number of carbonyl (C=O) groups is 1. The minimum Gasteiger partial charge on any atom is -0.348 e. The van der Waals surface area contributed by atoms with Gasteiger partial charge in [-0.25, -0.2) is 0 Å². The van der Waals surface area contributed by atoms with Crippen molar-refractivity contribution in [3.8, 4) is 0 Å². The molecule has 6 nitrogen and oxygen atoms in total. The Labute approximate surface area is 183 Å². The number of anilines is 1. The number of hydrogen-bond acceptors (Lipinski definition) is 4. The van der Waals surface area contributed by atoms with Crippen molar-refractivity contribution in [2.45, 2.75) is 10.8 Å². The van der Waals surface area contributed by atoms with Crippen LogP contribution in [-0.4, -0.2) is 26.7 Å². The minimum atomic E-state index is -3.97. The second kappa shape index (κ2) is 8.41. The van der Waals surface area contributed by atoms with E-state index in [0.717, 1.165) is 11.1 Å². The van der Waals surface area contributed by atoms with Crippen molar-refractivity contribution >= 4 is 43.4 Å². The molecule has 0 bridgehead atoms. The van der Waals surface area contributed by atoms with Gasteiger partial charge >= 0.3 is 0 Å². The van der Waals surface area contributed by atoms with E-state index in [9.17, 15) is 13.2 Å². The first kappa shape index (κ1) is 20.3. The van der Waals surface area contributed by atoms with Crippen molar-refractivity contribution in [3.63, 3.8) is 0 Å². The predicted octanol–water partition coefficient (Wildman–Crippen LogP) is 3.91. The van der Waals surface area contributed by atoms with Crippen LogP contribution in [0, 0.1) is 0 Å². The van der Waals surface area contributed by atoms with Gasteiger partial charge in [-0.05, 0) is 29.3 Å². The summed E-state index contributed by atoms with van der Waals surface area (Å²) in [4.78, 5) is 12.8. The van der Waals surface area contributed by atoms with Gasteiger partial charge in [0.25, 0.3) is 15.9 Å². The van der Waals surface area contributed by atoms with Gasteiger partial charge < -0.3 is 10.6 Å². The molecule has 0 saturated heterocycles. The average Bonchev–Trinajstić information content (AvgIpc) is 2.75. The van der Waals surface area contributed by atoms with Gasteiger partial charge in [-0.15, -0.1) is 4.40 Å². The maximum absolute atomic E-state index is 12.8. The monoisotopic (exact) mass is 483 g/mol. The van der Waals surface area contributed by atoms with E-state index in [4.69, 9.17) is 0 Å². The fourth-order valence-corrected chi connectivity index (χ4v) is 4.96. The summed E-state index contributed by atoms with van der Waals surface area (Å²) >= 11 is 3.25. The maximum Gasteiger partial charge on any atom is 0.287 e. The van der Waals surface area contributed by atoms with Crippen LogP contribution in [0.3, 0.4) is 0 Å². The van der Waals surface area contributed by atoms with Gasteiger partial charge in [0.05, 0.1) is 5.69 Å². The van der Waals surface area contributed by atoms with E-state index in [1.165, 1.54) is 6.07 Å². The number of rotatable bonds is 5. The molecule has 0 saturated carbocycles. The second-order valence-electron chi connectivity index (χ2n) is 6.76. The highest BCUT2D eigenvalue weighted by Crippen LogP contribution is 2.30. The molecule has 1 aliphatic heterocycles. The lowest BCUT2D eigenvalue weighted by Gasteiger charge is -2.21. The molecule has 30 heavy (non-hydrogen) atoms. The number of carbonyl (C=O) groups excluding carboxylic acids is 1. The van der Waals surface area contributed by atoms with Crippen LogP contribution in [0.5, 0.6) is 0 Å². The summed E-state index contributed by atoms with van der Waals surface area (Å²) in [5.41, 5.74) is 2.41. The van der Waals surface area contributed by atoms with Crippen LogP contribution in [0.15, 0.2) is 92.6 Å². The van der Waals surface area contributed by atoms with Gasteiger partial charge in [0.1, 0.15) is 4.90 Å². The summed E-state index contributed by atoms with van der Waals surface area (Å²) in [6.07, 6.45) is 0. The molecular formula is C22H18BrN3O3S. The topological polar surface area (TPSA) is 87.6 Å². The van der Waals surface area contributed by atoms with E-state index >= 15 is 0 Å². The standard InChI is InChI=1S/C22H18BrN3O3S/c23-17-11-12-19-20(13-17)30(28,29)26-21(25-19)22(27)24-14-18(15-7-3-1-4-8-15)16-9-5-2-6-10-16/h1-13,18H,14H2,(H,24,27)(H,25,26). The Balaban J connectivity index is 1.56. The van der Waals surface area contributed by atoms with Crippen molar-refractivity contribution in [2.75, 3.05) is 11.9 Å². The third kappa shape index (κ3) is 4.29. The quantitative estimate of drug-likeness (QED) is 0.575. The molecule has 3 aromatic carbocycles. The molecule has 152 valence electrons. The number of nitrogens with one attached hydrogen (secondary N) is 2. The Morgan fingerprint density at radius 1 is 0.967 bits per heavy atom. The van der Waals surface area contributed by atoms with Crippen LogP contribution in [0.2, 0.25) is 0 Å². The van der Waals surface area contributed by atoms with Crippen molar-refractivity contribution in [1.82, 2.24) is 5.32 Å². The lowest BCUT2D eigenvalue weighted by molar-refractivity contribution is -0.114. The number of benzene rings is 3. The molecule has 0 spiro atoms. The highest BCUT2D eigenvalue weighted by Gasteiger charge is 2.28. The Kier molecular flexibility index (Phi) is 5.69. The summed E-state index contributed by atoms with van der Waals surface area (Å²) in [6.45, 7) is 0.292. The van der Waals surface area contributed by atoms with Crippen LogP contribution in [-0.2, 0) is 14.8 Å². The van der Waals surface area contributed by atoms with E-state index < -0.39 is 15.9 Å². The normalized spacial score (nSPS) is 14.4. The highest BCUT2D eigenvalue weighted by atomic mass is 79.9. The van der Waals surface area contributed by atoms with E-state index in [-0.39, 0.29) is 16.6 Å². The summed E-state index contributed by atoms with van der Waals surface area (Å²) in [5, 5.41) is 5.64. The second-order valence-corrected chi connectivity index (χ2v) is 9.25. The van der Waals surface area contributed by atoms with Crippen molar-refractivity contribution in [1.29, 1.82) is 0 Å². The van der Waals surface area contributed by atoms with Crippen LogP contribution in [0.1, 0.15) is 17.0 Å². The molecule has 0 radical (unpaired) electrons. The van der Waals surface area contributed by atoms with Crippen molar-refractivity contribution < 1.29 is 13.2 Å². The van der Waals surface area contributed by atoms with Gasteiger partial charge in [-0.1, -0.05) is 76.6 Å². The number of hydrogen-bond donors (Lipinski definition) is 2. The Bertz CT molecular complexity index is 1170. The molecule has 1 aliphatic rings. The van der Waals surface area contributed by atoms with E-state index in [1.807, 2.05) is 60.7 Å². The molecule has 1 heterocycles. The first-order valence-corrected chi connectivity index (χ1v) is 11.5. The van der Waals surface area contributed by atoms with Gasteiger partial charge in [0, 0.05) is 16.9 Å². The molecule has 4 rings (SSSR count). The molecular weight excluding hydrogens is 466 g/mol. The number of nitrogens with zero attached hydrogens (tertiary/aromatic N) is 1. The van der Waals surface area contributed by atoms with Crippen molar-refractivity contribution in [3.05, 3.63) is 94.5 Å². The molecule has 0 unspecified atom stereocenters. The molecule has 3 aromatic rings. The van der Waals surface area contributed by atoms with Crippen LogP contribution in [0.4, 0.5) is 5.69 Å². The summed E-state index contributed by atoms with van der Waals surface area (Å²) in [7, 11) is -3.97. The number of halogens is 1. The zero-order valence-corrected chi connectivity index (χ0v) is 18.2. The summed E-state index contributed by atoms with van der Waals surface area (Å²) in [5.74, 6) is -0.908. The van der Waals surface area contributed by atoms with Gasteiger partial charge in [0.15, 0.2) is 0 Å². The Morgan fingerprint density at radius 3 is 2.17 bits per heavy atom. The Hall–Kier alpha value is -2.97. The van der Waals surface area contributed by atoms with Gasteiger partial charge in [0.2, 0.25) is 5.84 Å². The first-order valence-electron chi connectivity index (χ1n) is 9.24. The molecule has 1 amide bonds. The zero-order valence-electron chi connectivity index (χ0n) is 15.7. The highest BCUT2D eigenvalue weighted by molar-refractivity contribution is 9.10. The number of amides is 1. The predicted molar refractivity (Wildman–Crippen MR) is 120 cm³/mol. The fraction of sp³-hybridized carbons (Fsp3) is 0.0909. The molecule has 0 fully saturated rings. The lowest BCUT2D eigenvalue weighted by Crippen LogP contribution is -2.40. The van der Waals surface area contributed by atoms with Crippen molar-refractivity contribution in [2.24, 2.45) is 4.40 Å². The number of amidine groups is 1. The SMILES string of the molecule is O=C(NCC(c1ccccc1)c1ccccc1)C1=NS(=O)(=O)c2cc(Br)ccc2N1. The fourth-order valence-electron chi connectivity index (χ4n) is 3.31. The van der Waals surface area contributed by atoms with E-state index in [0.29, 0.717) is 16.7 Å². The molecule has 0 atom stereocenters. The zero-order chi connectivity index (χ0) is 21.1. The summed E-state index contributed by atoms with van der Waals surface area (Å²) < 4.78 is 29.3. The Morgan fingerprint density at radius 2 is 1.57 bits per heavy atom. The third-order valence-corrected chi connectivity index (χ3v) is 6.58. The first-order chi connectivity index (χ1) is 14.4. The van der Waals surface area contributed by atoms with Crippen LogP contribution in [0.25, 0.3) is 0 Å². The molecule has 2 N–H and O–H groups in total. The minimum absolute atomic E-state index is 0.0277. The average molecular weight is 484 g/mol. The summed E-state index contributed by atoms with van der Waals surface area (Å²) in [6, 6.07) is 24.4. The largest absolute Gasteiger partial charge is 0.348 e.